The molecule has 0 heterocycles. The maximum absolute atomic E-state index is 10.5. The van der Waals surface area contributed by atoms with E-state index in [0.29, 0.717) is 0 Å². The fourth-order valence-electron chi connectivity index (χ4n) is 0.574. The molecule has 0 saturated carbocycles. The summed E-state index contributed by atoms with van der Waals surface area (Å²) < 4.78 is 14.4. The molecule has 0 amide bonds. The average Bonchev–Trinajstić information content (AvgIpc) is 1.84. The summed E-state index contributed by atoms with van der Waals surface area (Å²) in [5, 5.41) is 8.10. The fraction of sp³-hybridized carbons (Fsp3) is 0.800. The SMILES string of the molecule is O=C(CCCP(=O)(O)O)OCO. The Labute approximate surface area is 69.3 Å². The van der Waals surface area contributed by atoms with E-state index in [9.17, 15) is 9.36 Å². The molecule has 6 nitrogen and oxygen atoms in total. The smallest absolute Gasteiger partial charge is 0.325 e. The van der Waals surface area contributed by atoms with Gasteiger partial charge in [-0.3, -0.25) is 9.36 Å². The highest BCUT2D eigenvalue weighted by molar-refractivity contribution is 7.51. The standard InChI is InChI=1S/C5H11O6P/c6-4-11-5(7)2-1-3-12(8,9)10/h6H,1-4H2,(H2,8,9,10). The quantitative estimate of drug-likeness (QED) is 0.310. The van der Waals surface area contributed by atoms with Gasteiger partial charge in [0.05, 0.1) is 6.16 Å². The molecule has 0 fully saturated rings. The van der Waals surface area contributed by atoms with Crippen molar-refractivity contribution >= 4 is 13.6 Å². The first-order valence-electron chi connectivity index (χ1n) is 3.27. The lowest BCUT2D eigenvalue weighted by Gasteiger charge is -2.02. The van der Waals surface area contributed by atoms with Crippen molar-refractivity contribution in [1.82, 2.24) is 0 Å². The van der Waals surface area contributed by atoms with Crippen LogP contribution < -0.4 is 0 Å². The molecule has 7 heteroatoms. The largest absolute Gasteiger partial charge is 0.439 e. The summed E-state index contributed by atoms with van der Waals surface area (Å²) in [6, 6.07) is 0. The summed E-state index contributed by atoms with van der Waals surface area (Å²) in [6.45, 7) is -0.700. The van der Waals surface area contributed by atoms with E-state index in [1.165, 1.54) is 0 Å². The van der Waals surface area contributed by atoms with E-state index in [0.717, 1.165) is 0 Å². The summed E-state index contributed by atoms with van der Waals surface area (Å²) in [7, 11) is -4.01. The molecule has 72 valence electrons. The van der Waals surface area contributed by atoms with Crippen LogP contribution in [0.2, 0.25) is 0 Å². The molecule has 0 aromatic rings. The average molecular weight is 198 g/mol. The van der Waals surface area contributed by atoms with Gasteiger partial charge in [-0.1, -0.05) is 0 Å². The molecule has 0 rings (SSSR count). The predicted molar refractivity (Wildman–Crippen MR) is 39.3 cm³/mol. The Morgan fingerprint density at radius 3 is 2.42 bits per heavy atom. The van der Waals surface area contributed by atoms with Gasteiger partial charge in [0.2, 0.25) is 0 Å². The third-order valence-corrected chi connectivity index (χ3v) is 1.95. The van der Waals surface area contributed by atoms with Crippen molar-refractivity contribution in [2.24, 2.45) is 0 Å². The van der Waals surface area contributed by atoms with Crippen molar-refractivity contribution in [3.8, 4) is 0 Å². The third kappa shape index (κ3) is 7.68. The molecule has 0 aromatic heterocycles. The Morgan fingerprint density at radius 1 is 1.42 bits per heavy atom. The van der Waals surface area contributed by atoms with Gasteiger partial charge < -0.3 is 19.6 Å². The molecule has 0 aliphatic carbocycles. The second kappa shape index (κ2) is 5.27. The predicted octanol–water partition coefficient (Wildman–Crippen LogP) is -0.563. The van der Waals surface area contributed by atoms with Gasteiger partial charge >= 0.3 is 13.6 Å². The number of carbonyl (C=O) groups is 1. The Bertz CT molecular complexity index is 184. The van der Waals surface area contributed by atoms with Crippen LogP contribution in [0.4, 0.5) is 0 Å². The zero-order chi connectivity index (χ0) is 9.61. The molecule has 0 bridgehead atoms. The van der Waals surface area contributed by atoms with Gasteiger partial charge in [-0.2, -0.15) is 0 Å². The minimum absolute atomic E-state index is 0.0586. The number of aliphatic hydroxyl groups is 1. The second-order valence-corrected chi connectivity index (χ2v) is 3.91. The van der Waals surface area contributed by atoms with Crippen molar-refractivity contribution in [1.29, 1.82) is 0 Å². The number of rotatable bonds is 5. The lowest BCUT2D eigenvalue weighted by Crippen LogP contribution is -2.05. The Hall–Kier alpha value is -0.420. The highest BCUT2D eigenvalue weighted by Crippen LogP contribution is 2.35. The summed E-state index contributed by atoms with van der Waals surface area (Å²) in [6.07, 6.45) is -0.373. The van der Waals surface area contributed by atoms with Crippen LogP contribution in [0.5, 0.6) is 0 Å². The normalized spacial score (nSPS) is 11.2. The number of carbonyl (C=O) groups excluding carboxylic acids is 1. The Morgan fingerprint density at radius 2 is 2.00 bits per heavy atom. The summed E-state index contributed by atoms with van der Waals surface area (Å²) in [5.74, 6) is -0.661. The molecular weight excluding hydrogens is 187 g/mol. The van der Waals surface area contributed by atoms with Crippen molar-refractivity contribution in [2.75, 3.05) is 13.0 Å². The maximum Gasteiger partial charge on any atom is 0.325 e. The Balaban J connectivity index is 3.44. The molecule has 0 atom stereocenters. The molecule has 0 aromatic carbocycles. The Kier molecular flexibility index (Phi) is 5.08. The summed E-state index contributed by atoms with van der Waals surface area (Å²) in [4.78, 5) is 27.2. The maximum atomic E-state index is 10.5. The number of hydrogen-bond donors (Lipinski definition) is 3. The van der Waals surface area contributed by atoms with E-state index in [1.54, 1.807) is 0 Å². The zero-order valence-electron chi connectivity index (χ0n) is 6.34. The minimum atomic E-state index is -4.01. The molecule has 0 radical (unpaired) electrons. The lowest BCUT2D eigenvalue weighted by atomic mass is 10.3. The van der Waals surface area contributed by atoms with Crippen molar-refractivity contribution < 1.29 is 29.0 Å². The van der Waals surface area contributed by atoms with Crippen LogP contribution in [0, 0.1) is 0 Å². The van der Waals surface area contributed by atoms with Crippen LogP contribution in [-0.4, -0.2) is 33.8 Å². The fourth-order valence-corrected chi connectivity index (χ4v) is 1.14. The highest BCUT2D eigenvalue weighted by Gasteiger charge is 2.13. The molecule has 0 unspecified atom stereocenters. The van der Waals surface area contributed by atoms with Gasteiger partial charge in [-0.15, -0.1) is 0 Å². The molecule has 0 aliphatic rings. The van der Waals surface area contributed by atoms with Gasteiger partial charge in [0.1, 0.15) is 0 Å². The third-order valence-electron chi connectivity index (χ3n) is 1.06. The van der Waals surface area contributed by atoms with Crippen molar-refractivity contribution in [3.63, 3.8) is 0 Å². The van der Waals surface area contributed by atoms with Crippen LogP contribution in [0.15, 0.2) is 0 Å². The summed E-state index contributed by atoms with van der Waals surface area (Å²) >= 11 is 0. The molecule has 0 spiro atoms. The van der Waals surface area contributed by atoms with E-state index in [4.69, 9.17) is 14.9 Å². The molecule has 12 heavy (non-hydrogen) atoms. The number of ether oxygens (including phenoxy) is 1. The molecular formula is C5H11O6P. The van der Waals surface area contributed by atoms with E-state index < -0.39 is 20.4 Å². The van der Waals surface area contributed by atoms with Crippen LogP contribution in [0.25, 0.3) is 0 Å². The number of aliphatic hydroxyl groups excluding tert-OH is 1. The zero-order valence-corrected chi connectivity index (χ0v) is 7.24. The number of hydrogen-bond acceptors (Lipinski definition) is 4. The summed E-state index contributed by atoms with van der Waals surface area (Å²) in [5.41, 5.74) is 0. The van der Waals surface area contributed by atoms with E-state index in [-0.39, 0.29) is 19.0 Å². The number of esters is 1. The van der Waals surface area contributed by atoms with Gasteiger partial charge in [-0.25, -0.2) is 0 Å². The highest BCUT2D eigenvalue weighted by atomic mass is 31.2. The van der Waals surface area contributed by atoms with Crippen molar-refractivity contribution in [2.45, 2.75) is 12.8 Å². The van der Waals surface area contributed by atoms with Gasteiger partial charge in [0, 0.05) is 6.42 Å². The molecule has 3 N–H and O–H groups in total. The van der Waals surface area contributed by atoms with Crippen LogP contribution in [0.3, 0.4) is 0 Å². The molecule has 0 saturated heterocycles. The first-order valence-corrected chi connectivity index (χ1v) is 5.06. The first-order chi connectivity index (χ1) is 5.45. The van der Waals surface area contributed by atoms with Crippen LogP contribution in [-0.2, 0) is 14.1 Å². The van der Waals surface area contributed by atoms with E-state index in [2.05, 4.69) is 4.74 Å². The minimum Gasteiger partial charge on any atom is -0.439 e. The lowest BCUT2D eigenvalue weighted by molar-refractivity contribution is -0.151. The monoisotopic (exact) mass is 198 g/mol. The van der Waals surface area contributed by atoms with E-state index >= 15 is 0 Å². The van der Waals surface area contributed by atoms with Crippen LogP contribution >= 0.6 is 7.60 Å². The van der Waals surface area contributed by atoms with Crippen molar-refractivity contribution in [3.05, 3.63) is 0 Å². The first kappa shape index (κ1) is 11.6. The molecule has 0 aliphatic heterocycles. The van der Waals surface area contributed by atoms with Gasteiger partial charge in [-0.05, 0) is 6.42 Å². The van der Waals surface area contributed by atoms with Gasteiger partial charge in [0.15, 0.2) is 6.79 Å². The van der Waals surface area contributed by atoms with Crippen LogP contribution in [0.1, 0.15) is 12.8 Å². The second-order valence-electron chi connectivity index (χ2n) is 2.14. The topological polar surface area (TPSA) is 104 Å². The van der Waals surface area contributed by atoms with E-state index in [1.807, 2.05) is 0 Å². The van der Waals surface area contributed by atoms with Gasteiger partial charge in [0.25, 0.3) is 0 Å².